The number of benzene rings is 2. The number of nitro benzene ring substituents is 1. The molecule has 28 heavy (non-hydrogen) atoms. The number of nitrogens with zero attached hydrogens (tertiary/aromatic N) is 3. The van der Waals surface area contributed by atoms with Crippen molar-refractivity contribution >= 4 is 23.0 Å². The largest absolute Gasteiger partial charge is 0.494 e. The summed E-state index contributed by atoms with van der Waals surface area (Å²) in [6.07, 6.45) is 0. The third kappa shape index (κ3) is 5.20. The van der Waals surface area contributed by atoms with Crippen LogP contribution in [0.1, 0.15) is 12.5 Å². The first-order valence-corrected chi connectivity index (χ1v) is 8.82. The van der Waals surface area contributed by atoms with Crippen LogP contribution < -0.4 is 15.0 Å². The predicted octanol–water partition coefficient (Wildman–Crippen LogP) is 3.13. The Morgan fingerprint density at radius 3 is 2.36 bits per heavy atom. The van der Waals surface area contributed by atoms with Crippen LogP contribution >= 0.6 is 0 Å². The van der Waals surface area contributed by atoms with Gasteiger partial charge in [0.2, 0.25) is 5.91 Å². The Labute approximate surface area is 164 Å². The number of methoxy groups -OCH3 is 1. The molecule has 1 N–H and O–H groups in total. The van der Waals surface area contributed by atoms with Crippen molar-refractivity contribution < 1.29 is 14.5 Å². The number of hydrogen-bond acceptors (Lipinski definition) is 6. The third-order valence-electron chi connectivity index (χ3n) is 4.58. The number of ether oxygens (including phenoxy) is 1. The van der Waals surface area contributed by atoms with E-state index in [0.717, 1.165) is 11.3 Å². The molecule has 0 saturated heterocycles. The lowest BCUT2D eigenvalue weighted by Gasteiger charge is -2.24. The molecule has 150 valence electrons. The van der Waals surface area contributed by atoms with Gasteiger partial charge in [0.15, 0.2) is 0 Å². The number of nitro groups is 1. The molecule has 0 aliphatic rings. The summed E-state index contributed by atoms with van der Waals surface area (Å²) in [6.45, 7) is 2.42. The van der Waals surface area contributed by atoms with Crippen LogP contribution in [0.25, 0.3) is 0 Å². The molecule has 2 aromatic rings. The highest BCUT2D eigenvalue weighted by Gasteiger charge is 2.20. The fourth-order valence-corrected chi connectivity index (χ4v) is 2.66. The molecule has 0 radical (unpaired) electrons. The Morgan fingerprint density at radius 2 is 1.82 bits per heavy atom. The van der Waals surface area contributed by atoms with E-state index in [-0.39, 0.29) is 17.3 Å². The van der Waals surface area contributed by atoms with Crippen molar-refractivity contribution in [3.63, 3.8) is 0 Å². The number of nitrogens with one attached hydrogen (secondary N) is 1. The topological polar surface area (TPSA) is 87.9 Å². The van der Waals surface area contributed by atoms with E-state index in [4.69, 9.17) is 4.74 Å². The Kier molecular flexibility index (Phi) is 6.94. The number of likely N-dealkylation sites (N-methyl/N-ethyl adjacent to an activating group) is 1. The van der Waals surface area contributed by atoms with Crippen molar-refractivity contribution in [1.29, 1.82) is 0 Å². The van der Waals surface area contributed by atoms with Gasteiger partial charge in [-0.2, -0.15) is 0 Å². The van der Waals surface area contributed by atoms with Gasteiger partial charge in [-0.05, 0) is 37.7 Å². The van der Waals surface area contributed by atoms with Gasteiger partial charge in [0.25, 0.3) is 5.69 Å². The summed E-state index contributed by atoms with van der Waals surface area (Å²) in [5.74, 6) is 0.0243. The van der Waals surface area contributed by atoms with E-state index in [1.54, 1.807) is 6.92 Å². The zero-order valence-corrected chi connectivity index (χ0v) is 16.8. The van der Waals surface area contributed by atoms with Crippen molar-refractivity contribution in [2.24, 2.45) is 0 Å². The third-order valence-corrected chi connectivity index (χ3v) is 4.58. The number of rotatable bonds is 8. The average molecular weight is 386 g/mol. The van der Waals surface area contributed by atoms with Gasteiger partial charge >= 0.3 is 0 Å². The van der Waals surface area contributed by atoms with Crippen LogP contribution in [0.3, 0.4) is 0 Å². The number of carbonyl (C=O) groups excluding carboxylic acids is 1. The summed E-state index contributed by atoms with van der Waals surface area (Å²) in [6, 6.07) is 11.8. The highest BCUT2D eigenvalue weighted by molar-refractivity contribution is 5.96. The molecular formula is C20H26N4O4. The molecule has 0 aliphatic carbocycles. The van der Waals surface area contributed by atoms with Gasteiger partial charge in [-0.3, -0.25) is 19.8 Å². The lowest BCUT2D eigenvalue weighted by molar-refractivity contribution is -0.384. The molecular weight excluding hydrogens is 360 g/mol. The zero-order chi connectivity index (χ0) is 20.8. The van der Waals surface area contributed by atoms with Gasteiger partial charge in [-0.1, -0.05) is 12.1 Å². The van der Waals surface area contributed by atoms with E-state index in [0.29, 0.717) is 12.2 Å². The normalized spacial score (nSPS) is 11.8. The minimum atomic E-state index is -0.508. The van der Waals surface area contributed by atoms with Gasteiger partial charge in [-0.25, -0.2) is 0 Å². The quantitative estimate of drug-likeness (QED) is 0.554. The van der Waals surface area contributed by atoms with Crippen molar-refractivity contribution in [2.75, 3.05) is 38.5 Å². The Balaban J connectivity index is 2.04. The molecule has 8 heteroatoms. The van der Waals surface area contributed by atoms with E-state index in [1.165, 1.54) is 25.3 Å². The van der Waals surface area contributed by atoms with Gasteiger partial charge in [-0.15, -0.1) is 0 Å². The summed E-state index contributed by atoms with van der Waals surface area (Å²) >= 11 is 0. The van der Waals surface area contributed by atoms with Crippen LogP contribution in [-0.4, -0.2) is 50.0 Å². The molecule has 0 spiro atoms. The number of amides is 1. The van der Waals surface area contributed by atoms with Crippen LogP contribution in [0.4, 0.5) is 17.1 Å². The smallest absolute Gasteiger partial charge is 0.273 e. The molecule has 0 fully saturated rings. The van der Waals surface area contributed by atoms with E-state index < -0.39 is 11.0 Å². The lowest BCUT2D eigenvalue weighted by atomic mass is 10.1. The zero-order valence-electron chi connectivity index (χ0n) is 16.8. The summed E-state index contributed by atoms with van der Waals surface area (Å²) in [5, 5.41) is 13.7. The lowest BCUT2D eigenvalue weighted by Crippen LogP contribution is -2.39. The molecule has 2 aromatic carbocycles. The molecule has 0 saturated carbocycles. The van der Waals surface area contributed by atoms with Gasteiger partial charge in [0.1, 0.15) is 5.75 Å². The molecule has 0 aliphatic heterocycles. The van der Waals surface area contributed by atoms with Crippen molar-refractivity contribution in [3.05, 3.63) is 58.1 Å². The van der Waals surface area contributed by atoms with Crippen LogP contribution in [0, 0.1) is 10.1 Å². The maximum absolute atomic E-state index is 12.6. The van der Waals surface area contributed by atoms with E-state index in [9.17, 15) is 14.9 Å². The van der Waals surface area contributed by atoms with E-state index >= 15 is 0 Å². The average Bonchev–Trinajstić information content (AvgIpc) is 2.67. The number of carbonyl (C=O) groups is 1. The second-order valence-electron chi connectivity index (χ2n) is 6.78. The molecule has 0 bridgehead atoms. The Bertz CT molecular complexity index is 837. The highest BCUT2D eigenvalue weighted by atomic mass is 16.6. The van der Waals surface area contributed by atoms with Crippen LogP contribution in [0.5, 0.6) is 5.75 Å². The maximum Gasteiger partial charge on any atom is 0.273 e. The first-order chi connectivity index (χ1) is 13.2. The summed E-state index contributed by atoms with van der Waals surface area (Å²) in [5.41, 5.74) is 2.51. The van der Waals surface area contributed by atoms with Gasteiger partial charge in [0, 0.05) is 32.4 Å². The van der Waals surface area contributed by atoms with Gasteiger partial charge in [0.05, 0.1) is 29.8 Å². The fourth-order valence-electron chi connectivity index (χ4n) is 2.66. The minimum Gasteiger partial charge on any atom is -0.494 e. The fraction of sp³-hybridized carbons (Fsp3) is 0.350. The highest BCUT2D eigenvalue weighted by Crippen LogP contribution is 2.29. The van der Waals surface area contributed by atoms with Gasteiger partial charge < -0.3 is 15.0 Å². The van der Waals surface area contributed by atoms with Crippen molar-refractivity contribution in [1.82, 2.24) is 4.90 Å². The molecule has 2 rings (SSSR count). The van der Waals surface area contributed by atoms with Crippen LogP contribution in [-0.2, 0) is 11.3 Å². The second-order valence-corrected chi connectivity index (χ2v) is 6.78. The molecule has 1 atom stereocenters. The van der Waals surface area contributed by atoms with Crippen LogP contribution in [0.15, 0.2) is 42.5 Å². The number of anilines is 2. The first-order valence-electron chi connectivity index (χ1n) is 8.82. The molecule has 0 heterocycles. The standard InChI is InChI=1S/C20H26N4O4/c1-14(23(4)13-15-6-8-16(9-7-15)22(2)3)20(25)21-18-11-10-17(24(26)27)12-19(18)28-5/h6-12,14H,13H2,1-5H3,(H,21,25)/t14-/m0/s1. The molecule has 1 amide bonds. The second kappa shape index (κ2) is 9.18. The molecule has 0 unspecified atom stereocenters. The minimum absolute atomic E-state index is 0.0961. The number of non-ortho nitro benzene ring substituents is 1. The van der Waals surface area contributed by atoms with E-state index in [2.05, 4.69) is 5.32 Å². The van der Waals surface area contributed by atoms with Crippen LogP contribution in [0.2, 0.25) is 0 Å². The first kappa shape index (κ1) is 21.2. The summed E-state index contributed by atoms with van der Waals surface area (Å²) < 4.78 is 5.17. The van der Waals surface area contributed by atoms with Crippen molar-refractivity contribution in [3.8, 4) is 5.75 Å². The predicted molar refractivity (Wildman–Crippen MR) is 110 cm³/mol. The van der Waals surface area contributed by atoms with Crippen molar-refractivity contribution in [2.45, 2.75) is 19.5 Å². The summed E-state index contributed by atoms with van der Waals surface area (Å²) in [4.78, 5) is 27.0. The maximum atomic E-state index is 12.6. The SMILES string of the molecule is COc1cc([N+](=O)[O-])ccc1NC(=O)[C@H](C)N(C)Cc1ccc(N(C)C)cc1. The number of hydrogen-bond donors (Lipinski definition) is 1. The summed E-state index contributed by atoms with van der Waals surface area (Å²) in [7, 11) is 7.25. The Morgan fingerprint density at radius 1 is 1.18 bits per heavy atom. The monoisotopic (exact) mass is 386 g/mol. The molecule has 8 nitrogen and oxygen atoms in total. The van der Waals surface area contributed by atoms with E-state index in [1.807, 2.05) is 55.2 Å². The Hall–Kier alpha value is -3.13. The molecule has 0 aromatic heterocycles.